The van der Waals surface area contributed by atoms with Crippen molar-refractivity contribution in [3.05, 3.63) is 113 Å². The summed E-state index contributed by atoms with van der Waals surface area (Å²) in [7, 11) is 0.855. The van der Waals surface area contributed by atoms with Crippen molar-refractivity contribution >= 4 is 86.5 Å². The Kier molecular flexibility index (Phi) is 15.0. The number of nitrogens with zero attached hydrogens (tertiary/aromatic N) is 10. The highest BCUT2D eigenvalue weighted by molar-refractivity contribution is 9.10. The predicted octanol–water partition coefficient (Wildman–Crippen LogP) is 6.96. The number of piperazine rings is 2. The highest BCUT2D eigenvalue weighted by Crippen LogP contribution is 2.43. The molecule has 4 saturated heterocycles. The Balaban J connectivity index is 0.702. The summed E-state index contributed by atoms with van der Waals surface area (Å²) >= 11 is 3.64. The second kappa shape index (κ2) is 22.0. The van der Waals surface area contributed by atoms with Gasteiger partial charge in [0.1, 0.15) is 30.6 Å². The SMILES string of the molecule is COc1cc(N2CCC(N3CCN(CN4CCN(c5cc6c(cc5F)C(=O)N(C5CCC(=O)NC5=O)C6=O)CC4)CC3)CC2)c(-c2cnn(C)c2)cc1Nc1ncc(Br)c(Nc2ccc(-c3ccccc3)cc2P(C)(C)=O)n1. The highest BCUT2D eigenvalue weighted by Gasteiger charge is 2.45. The molecule has 78 heavy (non-hydrogen) atoms. The van der Waals surface area contributed by atoms with Crippen LogP contribution in [0.25, 0.3) is 22.3 Å². The summed E-state index contributed by atoms with van der Waals surface area (Å²) in [6, 6.07) is 22.1. The number of fused-ring (bicyclic) bond motifs is 1. The van der Waals surface area contributed by atoms with Crippen LogP contribution in [0.3, 0.4) is 0 Å². The van der Waals surface area contributed by atoms with E-state index in [1.165, 1.54) is 6.07 Å². The summed E-state index contributed by atoms with van der Waals surface area (Å²) < 4.78 is 37.8. The van der Waals surface area contributed by atoms with Crippen molar-refractivity contribution in [2.45, 2.75) is 37.8 Å². The minimum Gasteiger partial charge on any atom is -0.494 e. The normalized spacial score (nSPS) is 19.1. The number of carbonyl (C=O) groups is 4. The number of anilines is 6. The van der Waals surface area contributed by atoms with Crippen LogP contribution in [0.1, 0.15) is 46.4 Å². The lowest BCUT2D eigenvalue weighted by Gasteiger charge is -2.45. The quantitative estimate of drug-likeness (QED) is 0.0748. The zero-order chi connectivity index (χ0) is 54.4. The van der Waals surface area contributed by atoms with Crippen molar-refractivity contribution in [1.82, 2.24) is 44.7 Å². The molecule has 22 heteroatoms. The lowest BCUT2D eigenvalue weighted by molar-refractivity contribution is -0.136. The van der Waals surface area contributed by atoms with Crippen molar-refractivity contribution in [1.29, 1.82) is 0 Å². The largest absolute Gasteiger partial charge is 0.494 e. The minimum absolute atomic E-state index is 0.0141. The number of halogens is 2. The maximum atomic E-state index is 15.6. The van der Waals surface area contributed by atoms with E-state index < -0.39 is 42.6 Å². The molecule has 5 aliphatic rings. The number of carbonyl (C=O) groups excluding carboxylic acids is 4. The van der Waals surface area contributed by atoms with Crippen molar-refractivity contribution < 1.29 is 32.9 Å². The number of nitrogens with one attached hydrogen (secondary N) is 3. The first-order valence-corrected chi connectivity index (χ1v) is 29.7. The molecule has 7 heterocycles. The van der Waals surface area contributed by atoms with Gasteiger partial charge in [0.25, 0.3) is 11.8 Å². The molecule has 4 amide bonds. The van der Waals surface area contributed by atoms with Crippen LogP contribution in [-0.2, 0) is 21.2 Å². The number of piperidine rings is 2. The summed E-state index contributed by atoms with van der Waals surface area (Å²) in [6.45, 7) is 12.4. The summed E-state index contributed by atoms with van der Waals surface area (Å²) in [6.07, 6.45) is 7.65. The maximum Gasteiger partial charge on any atom is 0.262 e. The third-order valence-electron chi connectivity index (χ3n) is 15.6. The number of aromatic nitrogens is 4. The molecule has 0 bridgehead atoms. The number of benzene rings is 4. The van der Waals surface area contributed by atoms with E-state index in [0.717, 1.165) is 103 Å². The maximum absolute atomic E-state index is 15.6. The number of ether oxygens (including phenoxy) is 1. The van der Waals surface area contributed by atoms with Crippen LogP contribution >= 0.6 is 23.1 Å². The Hall–Kier alpha value is -7.03. The molecule has 19 nitrogen and oxygen atoms in total. The first-order valence-electron chi connectivity index (χ1n) is 26.3. The summed E-state index contributed by atoms with van der Waals surface area (Å²) in [5.41, 5.74) is 6.72. The van der Waals surface area contributed by atoms with Gasteiger partial charge in [-0.3, -0.25) is 48.8 Å². The zero-order valence-electron chi connectivity index (χ0n) is 44.0. The molecule has 406 valence electrons. The first-order chi connectivity index (χ1) is 37.6. The van der Waals surface area contributed by atoms with E-state index in [0.29, 0.717) is 65.6 Å². The predicted molar refractivity (Wildman–Crippen MR) is 303 cm³/mol. The molecule has 3 N–H and O–H groups in total. The van der Waals surface area contributed by atoms with Gasteiger partial charge in [-0.2, -0.15) is 10.1 Å². The monoisotopic (exact) mass is 1140 g/mol. The third kappa shape index (κ3) is 10.9. The number of aryl methyl sites for hydroxylation is 1. The zero-order valence-corrected chi connectivity index (χ0v) is 46.5. The number of imide groups is 2. The van der Waals surface area contributed by atoms with Gasteiger partial charge in [0, 0.05) is 126 Å². The molecule has 4 aromatic carbocycles. The average Bonchev–Trinajstić information content (AvgIpc) is 4.16. The number of amides is 4. The van der Waals surface area contributed by atoms with Crippen molar-refractivity contribution in [3.8, 4) is 28.0 Å². The molecule has 11 rings (SSSR count). The van der Waals surface area contributed by atoms with Gasteiger partial charge in [0.15, 0.2) is 0 Å². The van der Waals surface area contributed by atoms with Gasteiger partial charge in [0.05, 0.1) is 52.6 Å². The molecule has 5 aliphatic heterocycles. The highest BCUT2D eigenvalue weighted by atomic mass is 79.9. The Labute approximate surface area is 460 Å². The molecule has 0 radical (unpaired) electrons. The van der Waals surface area contributed by atoms with Gasteiger partial charge in [-0.05, 0) is 90.0 Å². The molecule has 0 aliphatic carbocycles. The van der Waals surface area contributed by atoms with Gasteiger partial charge < -0.3 is 29.7 Å². The van der Waals surface area contributed by atoms with E-state index in [1.807, 2.05) is 72.9 Å². The van der Waals surface area contributed by atoms with Crippen molar-refractivity contribution in [2.75, 3.05) is 113 Å². The molecule has 2 aromatic heterocycles. The van der Waals surface area contributed by atoms with Crippen LogP contribution in [0, 0.1) is 5.82 Å². The first kappa shape index (κ1) is 53.0. The van der Waals surface area contributed by atoms with Crippen LogP contribution in [-0.4, -0.2) is 168 Å². The van der Waals surface area contributed by atoms with Gasteiger partial charge >= 0.3 is 0 Å². The Morgan fingerprint density at radius 2 is 1.44 bits per heavy atom. The number of methoxy groups -OCH3 is 1. The second-order valence-electron chi connectivity index (χ2n) is 21.0. The van der Waals surface area contributed by atoms with Crippen LogP contribution < -0.4 is 35.8 Å². The Morgan fingerprint density at radius 1 is 0.744 bits per heavy atom. The molecular formula is C56H62BrFN13O6P. The van der Waals surface area contributed by atoms with E-state index in [1.54, 1.807) is 31.3 Å². The van der Waals surface area contributed by atoms with Crippen molar-refractivity contribution in [3.63, 3.8) is 0 Å². The Morgan fingerprint density at radius 3 is 2.10 bits per heavy atom. The molecule has 0 spiro atoms. The van der Waals surface area contributed by atoms with Gasteiger partial charge in [-0.1, -0.05) is 36.4 Å². The average molecular weight is 1140 g/mol. The van der Waals surface area contributed by atoms with E-state index in [4.69, 9.17) is 9.72 Å². The lowest BCUT2D eigenvalue weighted by Crippen LogP contribution is -2.56. The smallest absolute Gasteiger partial charge is 0.262 e. The molecular weight excluding hydrogens is 1080 g/mol. The van der Waals surface area contributed by atoms with Crippen LogP contribution in [0.4, 0.5) is 38.9 Å². The standard InChI is InChI=1S/C56H62BrFN13O6P/c1-65-33-37(31-60-65)39-28-45(62-56-59-32-42(57)52(64-56)61-44-11-10-36(26-50(44)78(3,4)76)35-8-6-5-7-9-35)49(77-2)30-47(39)69-16-14-38(15-17-69)68-22-18-66(19-23-68)34-67-20-24-70(25-21-67)48-29-41-40(27-43(48)58)54(74)71(55(41)75)46-12-13-51(72)63-53(46)73/h5-11,26-33,38,46H,12-25,34H2,1-4H3,(H,63,72,73)(H2,59,61,62,64). The topological polar surface area (TPSA) is 194 Å². The summed E-state index contributed by atoms with van der Waals surface area (Å²) in [5.74, 6) is -1.61. The Bertz CT molecular complexity index is 3350. The lowest BCUT2D eigenvalue weighted by atomic mass is 9.98. The van der Waals surface area contributed by atoms with Gasteiger partial charge in [0.2, 0.25) is 17.8 Å². The second-order valence-corrected chi connectivity index (χ2v) is 25.0. The summed E-state index contributed by atoms with van der Waals surface area (Å²) in [4.78, 5) is 73.2. The van der Waals surface area contributed by atoms with E-state index in [9.17, 15) is 23.7 Å². The van der Waals surface area contributed by atoms with Crippen molar-refractivity contribution in [2.24, 2.45) is 7.05 Å². The molecule has 1 atom stereocenters. The number of hydrogen-bond acceptors (Lipinski definition) is 16. The van der Waals surface area contributed by atoms with Crippen LogP contribution in [0.2, 0.25) is 0 Å². The number of rotatable bonds is 14. The van der Waals surface area contributed by atoms with Crippen LogP contribution in [0.15, 0.2) is 95.9 Å². The molecule has 6 aromatic rings. The molecule has 0 saturated carbocycles. The fourth-order valence-electron chi connectivity index (χ4n) is 11.4. The number of hydrogen-bond donors (Lipinski definition) is 3. The van der Waals surface area contributed by atoms with E-state index >= 15 is 4.39 Å². The molecule has 4 fully saturated rings. The van der Waals surface area contributed by atoms with E-state index in [-0.39, 0.29) is 29.7 Å². The minimum atomic E-state index is -2.72. The molecule has 1 unspecified atom stereocenters. The van der Waals surface area contributed by atoms with Gasteiger partial charge in [-0.25, -0.2) is 9.37 Å². The fraction of sp³-hybridized carbons (Fsp3) is 0.375. The van der Waals surface area contributed by atoms with E-state index in [2.05, 4.69) is 73.7 Å². The fourth-order valence-corrected chi connectivity index (χ4v) is 12.9. The third-order valence-corrected chi connectivity index (χ3v) is 17.7. The van der Waals surface area contributed by atoms with Gasteiger partial charge in [-0.15, -0.1) is 0 Å². The summed E-state index contributed by atoms with van der Waals surface area (Å²) in [5, 5.41) is 14.3. The van der Waals surface area contributed by atoms with Crippen LogP contribution in [0.5, 0.6) is 5.75 Å².